The highest BCUT2D eigenvalue weighted by Gasteiger charge is 2.09. The fourth-order valence-corrected chi connectivity index (χ4v) is 1.65. The number of benzene rings is 1. The van der Waals surface area contributed by atoms with Crippen LogP contribution in [0.15, 0.2) is 30.9 Å². The van der Waals surface area contributed by atoms with Crippen LogP contribution < -0.4 is 14.8 Å². The molecule has 1 rings (SSSR count). The third kappa shape index (κ3) is 4.08. The topological polar surface area (TPSA) is 30.5 Å². The molecule has 3 nitrogen and oxygen atoms in total. The van der Waals surface area contributed by atoms with Gasteiger partial charge < -0.3 is 14.8 Å². The molecule has 18 heavy (non-hydrogen) atoms. The molecular formula is C15H23NO2. The summed E-state index contributed by atoms with van der Waals surface area (Å²) in [6.07, 6.45) is 3.84. The van der Waals surface area contributed by atoms with Crippen LogP contribution in [0.3, 0.4) is 0 Å². The van der Waals surface area contributed by atoms with Crippen LogP contribution in [-0.4, -0.2) is 20.8 Å². The van der Waals surface area contributed by atoms with E-state index in [1.165, 1.54) is 5.56 Å². The molecule has 0 radical (unpaired) electrons. The molecule has 0 aromatic heterocycles. The number of rotatable bonds is 8. The molecule has 1 aromatic carbocycles. The summed E-state index contributed by atoms with van der Waals surface area (Å²) in [6, 6.07) is 6.35. The Bertz CT molecular complexity index is 377. The lowest BCUT2D eigenvalue weighted by molar-refractivity contribution is 0.290. The molecule has 100 valence electrons. The first kappa shape index (κ1) is 14.6. The number of hydrogen-bond donors (Lipinski definition) is 1. The Morgan fingerprint density at radius 3 is 2.78 bits per heavy atom. The number of hydrogen-bond acceptors (Lipinski definition) is 3. The van der Waals surface area contributed by atoms with Gasteiger partial charge in [-0.2, -0.15) is 0 Å². The fourth-order valence-electron chi connectivity index (χ4n) is 1.65. The molecule has 1 unspecified atom stereocenters. The predicted octanol–water partition coefficient (Wildman–Crippen LogP) is 3.32. The maximum Gasteiger partial charge on any atom is 0.161 e. The van der Waals surface area contributed by atoms with Gasteiger partial charge in [-0.05, 0) is 44.5 Å². The van der Waals surface area contributed by atoms with Crippen LogP contribution in [0.4, 0.5) is 0 Å². The number of methoxy groups -OCH3 is 1. The Hall–Kier alpha value is -1.48. The Kier molecular flexibility index (Phi) is 6.29. The van der Waals surface area contributed by atoms with Gasteiger partial charge in [0.05, 0.1) is 13.7 Å². The average molecular weight is 249 g/mol. The average Bonchev–Trinajstić information content (AvgIpc) is 2.42. The lowest BCUT2D eigenvalue weighted by Gasteiger charge is -2.15. The minimum atomic E-state index is 0.300. The van der Waals surface area contributed by atoms with E-state index in [-0.39, 0.29) is 0 Å². The quantitative estimate of drug-likeness (QED) is 0.566. The van der Waals surface area contributed by atoms with Crippen molar-refractivity contribution in [2.75, 3.05) is 20.8 Å². The van der Waals surface area contributed by atoms with E-state index in [4.69, 9.17) is 9.47 Å². The van der Waals surface area contributed by atoms with Gasteiger partial charge in [-0.3, -0.25) is 0 Å². The minimum Gasteiger partial charge on any atom is -0.493 e. The second-order valence-electron chi connectivity index (χ2n) is 4.20. The highest BCUT2D eigenvalue weighted by molar-refractivity contribution is 5.43. The molecule has 0 aliphatic carbocycles. The third-order valence-corrected chi connectivity index (χ3v) is 2.93. The first-order valence-corrected chi connectivity index (χ1v) is 6.31. The lowest BCUT2D eigenvalue weighted by atomic mass is 10.1. The Morgan fingerprint density at radius 1 is 1.39 bits per heavy atom. The molecule has 0 fully saturated rings. The van der Waals surface area contributed by atoms with Crippen LogP contribution in [-0.2, 0) is 0 Å². The molecule has 0 aliphatic heterocycles. The summed E-state index contributed by atoms with van der Waals surface area (Å²) in [5, 5.41) is 3.20. The van der Waals surface area contributed by atoms with Crippen molar-refractivity contribution >= 4 is 0 Å². The fraction of sp³-hybridized carbons (Fsp3) is 0.467. The van der Waals surface area contributed by atoms with E-state index in [1.54, 1.807) is 7.11 Å². The van der Waals surface area contributed by atoms with Crippen LogP contribution in [0.2, 0.25) is 0 Å². The zero-order chi connectivity index (χ0) is 13.4. The second kappa shape index (κ2) is 7.77. The van der Waals surface area contributed by atoms with Gasteiger partial charge in [-0.15, -0.1) is 6.58 Å². The SMILES string of the molecule is C=CCCCOc1ccc(C(C)NC)cc1OC. The Balaban J connectivity index is 2.70. The van der Waals surface area contributed by atoms with Crippen LogP contribution in [0.5, 0.6) is 11.5 Å². The summed E-state index contributed by atoms with van der Waals surface area (Å²) < 4.78 is 11.1. The Morgan fingerprint density at radius 2 is 2.17 bits per heavy atom. The lowest BCUT2D eigenvalue weighted by Crippen LogP contribution is -2.12. The largest absolute Gasteiger partial charge is 0.493 e. The molecule has 0 heterocycles. The van der Waals surface area contributed by atoms with Gasteiger partial charge in [-0.25, -0.2) is 0 Å². The van der Waals surface area contributed by atoms with Crippen molar-refractivity contribution in [3.8, 4) is 11.5 Å². The van der Waals surface area contributed by atoms with Gasteiger partial charge in [0.15, 0.2) is 11.5 Å². The monoisotopic (exact) mass is 249 g/mol. The van der Waals surface area contributed by atoms with Crippen LogP contribution in [0.25, 0.3) is 0 Å². The third-order valence-electron chi connectivity index (χ3n) is 2.93. The molecular weight excluding hydrogens is 226 g/mol. The van der Waals surface area contributed by atoms with Gasteiger partial charge in [0.25, 0.3) is 0 Å². The van der Waals surface area contributed by atoms with E-state index in [0.717, 1.165) is 24.3 Å². The van der Waals surface area contributed by atoms with E-state index >= 15 is 0 Å². The summed E-state index contributed by atoms with van der Waals surface area (Å²) in [6.45, 7) is 6.49. The molecule has 0 amide bonds. The van der Waals surface area contributed by atoms with Gasteiger partial charge >= 0.3 is 0 Å². The first-order valence-electron chi connectivity index (χ1n) is 6.31. The summed E-state index contributed by atoms with van der Waals surface area (Å²) in [5.74, 6) is 1.59. The van der Waals surface area contributed by atoms with Gasteiger partial charge in [0.1, 0.15) is 0 Å². The number of unbranched alkanes of at least 4 members (excludes halogenated alkanes) is 1. The van der Waals surface area contributed by atoms with E-state index in [9.17, 15) is 0 Å². The number of nitrogens with one attached hydrogen (secondary N) is 1. The maximum atomic E-state index is 5.71. The maximum absolute atomic E-state index is 5.71. The van der Waals surface area contributed by atoms with Crippen molar-refractivity contribution in [2.45, 2.75) is 25.8 Å². The highest BCUT2D eigenvalue weighted by Crippen LogP contribution is 2.30. The first-order chi connectivity index (χ1) is 8.72. The summed E-state index contributed by atoms with van der Waals surface area (Å²) in [4.78, 5) is 0. The highest BCUT2D eigenvalue weighted by atomic mass is 16.5. The van der Waals surface area contributed by atoms with Crippen molar-refractivity contribution in [2.24, 2.45) is 0 Å². The van der Waals surface area contributed by atoms with Crippen LogP contribution in [0, 0.1) is 0 Å². The van der Waals surface area contributed by atoms with Crippen molar-refractivity contribution < 1.29 is 9.47 Å². The number of allylic oxidation sites excluding steroid dienone is 1. The number of ether oxygens (including phenoxy) is 2. The molecule has 0 saturated carbocycles. The van der Waals surface area contributed by atoms with Crippen molar-refractivity contribution in [3.63, 3.8) is 0 Å². The summed E-state index contributed by atoms with van der Waals surface area (Å²) >= 11 is 0. The summed E-state index contributed by atoms with van der Waals surface area (Å²) in [5.41, 5.74) is 1.19. The van der Waals surface area contributed by atoms with Crippen LogP contribution in [0.1, 0.15) is 31.4 Å². The van der Waals surface area contributed by atoms with Gasteiger partial charge in [-0.1, -0.05) is 12.1 Å². The summed E-state index contributed by atoms with van der Waals surface area (Å²) in [7, 11) is 3.61. The molecule has 1 atom stereocenters. The van der Waals surface area contributed by atoms with E-state index < -0.39 is 0 Å². The van der Waals surface area contributed by atoms with Crippen molar-refractivity contribution in [3.05, 3.63) is 36.4 Å². The van der Waals surface area contributed by atoms with Gasteiger partial charge in [0.2, 0.25) is 0 Å². The van der Waals surface area contributed by atoms with Crippen LogP contribution >= 0.6 is 0 Å². The molecule has 0 aliphatic rings. The smallest absolute Gasteiger partial charge is 0.161 e. The van der Waals surface area contributed by atoms with Gasteiger partial charge in [0, 0.05) is 6.04 Å². The van der Waals surface area contributed by atoms with Crippen molar-refractivity contribution in [1.29, 1.82) is 0 Å². The molecule has 3 heteroatoms. The minimum absolute atomic E-state index is 0.300. The van der Waals surface area contributed by atoms with E-state index in [1.807, 2.05) is 25.3 Å². The predicted molar refractivity (Wildman–Crippen MR) is 75.4 cm³/mol. The Labute approximate surface area is 110 Å². The van der Waals surface area contributed by atoms with E-state index in [2.05, 4.69) is 24.9 Å². The normalized spacial score (nSPS) is 11.9. The zero-order valence-corrected chi connectivity index (χ0v) is 11.5. The molecule has 0 spiro atoms. The molecule has 0 bridgehead atoms. The molecule has 0 saturated heterocycles. The van der Waals surface area contributed by atoms with Crippen molar-refractivity contribution in [1.82, 2.24) is 5.32 Å². The van der Waals surface area contributed by atoms with E-state index in [0.29, 0.717) is 12.6 Å². The standard InChI is InChI=1S/C15H23NO2/c1-5-6-7-10-18-14-9-8-13(12(2)16-3)11-15(14)17-4/h5,8-9,11-12,16H,1,6-7,10H2,2-4H3. The second-order valence-corrected chi connectivity index (χ2v) is 4.20. The molecule has 1 N–H and O–H groups in total. The molecule has 1 aromatic rings. The zero-order valence-electron chi connectivity index (χ0n) is 11.5.